The topological polar surface area (TPSA) is 76.4 Å². The maximum atomic E-state index is 5.15. The minimum Gasteiger partial charge on any atom is -0.377 e. The lowest BCUT2D eigenvalue weighted by atomic mass is 9.92. The first-order valence-electron chi connectivity index (χ1n) is 10.7. The van der Waals surface area contributed by atoms with Crippen molar-refractivity contribution in [3.8, 4) is 0 Å². The Morgan fingerprint density at radius 3 is 3.03 bits per heavy atom. The summed E-state index contributed by atoms with van der Waals surface area (Å²) in [7, 11) is 3.53. The summed E-state index contributed by atoms with van der Waals surface area (Å²) in [5.74, 6) is 5.01. The molecule has 1 aromatic heterocycles. The summed E-state index contributed by atoms with van der Waals surface area (Å²) in [5.41, 5.74) is 3.13. The number of nitrogens with zero attached hydrogens (tertiary/aromatic N) is 4. The molecule has 4 atom stereocenters. The molecule has 3 aliphatic rings. The summed E-state index contributed by atoms with van der Waals surface area (Å²) in [5, 5.41) is 11.7. The van der Waals surface area contributed by atoms with Gasteiger partial charge >= 0.3 is 0 Å². The minimum absolute atomic E-state index is 0.313. The third kappa shape index (κ3) is 3.64. The molecule has 1 saturated carbocycles. The van der Waals surface area contributed by atoms with Gasteiger partial charge in [0.25, 0.3) is 0 Å². The highest BCUT2D eigenvalue weighted by Gasteiger charge is 2.52. The molecule has 2 N–H and O–H groups in total. The van der Waals surface area contributed by atoms with Gasteiger partial charge in [-0.25, -0.2) is 9.67 Å². The molecule has 2 aliphatic carbocycles. The Hall–Kier alpha value is -2.41. The van der Waals surface area contributed by atoms with Gasteiger partial charge in [0.2, 0.25) is 0 Å². The molecule has 7 heteroatoms. The Kier molecular flexibility index (Phi) is 4.99. The third-order valence-electron chi connectivity index (χ3n) is 6.74. The fourth-order valence-corrected chi connectivity index (χ4v) is 5.26. The van der Waals surface area contributed by atoms with Crippen LogP contribution in [0.4, 0.5) is 0 Å². The summed E-state index contributed by atoms with van der Waals surface area (Å²) < 4.78 is 7.16. The molecule has 0 spiro atoms. The third-order valence-corrected chi connectivity index (χ3v) is 6.74. The van der Waals surface area contributed by atoms with Crippen molar-refractivity contribution in [2.75, 3.05) is 20.7 Å². The second-order valence-corrected chi connectivity index (χ2v) is 8.48. The van der Waals surface area contributed by atoms with E-state index in [-0.39, 0.29) is 0 Å². The van der Waals surface area contributed by atoms with E-state index in [0.29, 0.717) is 12.6 Å². The molecule has 154 valence electrons. The van der Waals surface area contributed by atoms with E-state index in [1.807, 2.05) is 11.7 Å². The van der Waals surface area contributed by atoms with Gasteiger partial charge in [0.05, 0.1) is 6.54 Å². The zero-order valence-electron chi connectivity index (χ0n) is 17.3. The summed E-state index contributed by atoms with van der Waals surface area (Å²) in [6.45, 7) is 2.27. The maximum Gasteiger partial charge on any atom is 0.191 e. The van der Waals surface area contributed by atoms with E-state index in [1.165, 1.54) is 12.8 Å². The number of aryl methyl sites for hydroxylation is 2. The number of aliphatic imine (C=N–C) groups is 1. The predicted molar refractivity (Wildman–Crippen MR) is 112 cm³/mol. The standard InChI is InChI=1S/C22H30N6O/c1-23-22(25-15-8-10-20-26-19(13-29-2)27-28(20)12-15)24-11-18-17-9-7-14-5-3-4-6-16(14)21(17)18/h3-6,15,17-18,21H,7-13H2,1-2H3,(H2,23,24,25). The molecule has 2 heterocycles. The summed E-state index contributed by atoms with van der Waals surface area (Å²) in [6.07, 6.45) is 4.51. The first-order valence-corrected chi connectivity index (χ1v) is 10.7. The largest absolute Gasteiger partial charge is 0.377 e. The van der Waals surface area contributed by atoms with Gasteiger partial charge in [-0.1, -0.05) is 24.3 Å². The normalized spacial score (nSPS) is 27.6. The van der Waals surface area contributed by atoms with Gasteiger partial charge in [0.1, 0.15) is 12.4 Å². The lowest BCUT2D eigenvalue weighted by Crippen LogP contribution is -2.47. The van der Waals surface area contributed by atoms with Crippen LogP contribution in [0.15, 0.2) is 29.3 Å². The van der Waals surface area contributed by atoms with Crippen molar-refractivity contribution >= 4 is 5.96 Å². The van der Waals surface area contributed by atoms with Crippen LogP contribution in [0.2, 0.25) is 0 Å². The smallest absolute Gasteiger partial charge is 0.191 e. The molecule has 5 rings (SSSR count). The molecular formula is C22H30N6O. The van der Waals surface area contributed by atoms with E-state index in [1.54, 1.807) is 18.2 Å². The number of nitrogens with one attached hydrogen (secondary N) is 2. The average molecular weight is 395 g/mol. The Balaban J connectivity index is 1.15. The van der Waals surface area contributed by atoms with E-state index in [4.69, 9.17) is 4.74 Å². The summed E-state index contributed by atoms with van der Waals surface area (Å²) >= 11 is 0. The van der Waals surface area contributed by atoms with Crippen molar-refractivity contribution in [2.45, 2.75) is 50.8 Å². The lowest BCUT2D eigenvalue weighted by molar-refractivity contribution is 0.177. The second-order valence-electron chi connectivity index (χ2n) is 8.48. The van der Waals surface area contributed by atoms with Gasteiger partial charge in [-0.3, -0.25) is 4.99 Å². The molecule has 7 nitrogen and oxygen atoms in total. The molecule has 1 aliphatic heterocycles. The number of ether oxygens (including phenoxy) is 1. The SMILES string of the molecule is CN=C(NCC1C2CCc3ccccc3C21)NC1CCc2nc(COC)nn2C1. The van der Waals surface area contributed by atoms with Crippen LogP contribution in [0.25, 0.3) is 0 Å². The average Bonchev–Trinajstić information content (AvgIpc) is 3.32. The van der Waals surface area contributed by atoms with Crippen molar-refractivity contribution in [1.29, 1.82) is 0 Å². The number of benzene rings is 1. The Morgan fingerprint density at radius 1 is 1.28 bits per heavy atom. The maximum absolute atomic E-state index is 5.15. The number of fused-ring (bicyclic) bond motifs is 4. The fourth-order valence-electron chi connectivity index (χ4n) is 5.26. The molecule has 0 radical (unpaired) electrons. The van der Waals surface area contributed by atoms with Gasteiger partial charge < -0.3 is 15.4 Å². The number of hydrogen-bond acceptors (Lipinski definition) is 4. The zero-order valence-corrected chi connectivity index (χ0v) is 17.3. The monoisotopic (exact) mass is 394 g/mol. The van der Waals surface area contributed by atoms with Crippen LogP contribution < -0.4 is 10.6 Å². The number of aromatic nitrogens is 3. The van der Waals surface area contributed by atoms with Crippen LogP contribution in [0.5, 0.6) is 0 Å². The molecule has 2 aromatic rings. The molecule has 0 bridgehead atoms. The van der Waals surface area contributed by atoms with Crippen molar-refractivity contribution in [3.63, 3.8) is 0 Å². The highest BCUT2D eigenvalue weighted by Crippen LogP contribution is 2.59. The van der Waals surface area contributed by atoms with Gasteiger partial charge in [-0.05, 0) is 48.1 Å². The number of guanidine groups is 1. The zero-order chi connectivity index (χ0) is 19.8. The Bertz CT molecular complexity index is 906. The van der Waals surface area contributed by atoms with E-state index in [2.05, 4.69) is 50.0 Å². The van der Waals surface area contributed by atoms with E-state index < -0.39 is 0 Å². The Labute approximate surface area is 172 Å². The van der Waals surface area contributed by atoms with E-state index >= 15 is 0 Å². The summed E-state index contributed by atoms with van der Waals surface area (Å²) in [4.78, 5) is 9.02. The van der Waals surface area contributed by atoms with Crippen LogP contribution >= 0.6 is 0 Å². The van der Waals surface area contributed by atoms with E-state index in [9.17, 15) is 0 Å². The highest BCUT2D eigenvalue weighted by atomic mass is 16.5. The fraction of sp³-hybridized carbons (Fsp3) is 0.591. The second kappa shape index (κ2) is 7.78. The van der Waals surface area contributed by atoms with Crippen molar-refractivity contribution in [2.24, 2.45) is 16.8 Å². The van der Waals surface area contributed by atoms with Gasteiger partial charge in [0.15, 0.2) is 11.8 Å². The van der Waals surface area contributed by atoms with Crippen molar-refractivity contribution in [1.82, 2.24) is 25.4 Å². The Morgan fingerprint density at radius 2 is 2.17 bits per heavy atom. The molecule has 4 unspecified atom stereocenters. The minimum atomic E-state index is 0.313. The van der Waals surface area contributed by atoms with Gasteiger partial charge in [-0.15, -0.1) is 0 Å². The molecule has 29 heavy (non-hydrogen) atoms. The molecular weight excluding hydrogens is 364 g/mol. The van der Waals surface area contributed by atoms with Gasteiger partial charge in [-0.2, -0.15) is 5.10 Å². The van der Waals surface area contributed by atoms with Gasteiger partial charge in [0, 0.05) is 33.2 Å². The summed E-state index contributed by atoms with van der Waals surface area (Å²) in [6, 6.07) is 9.30. The predicted octanol–water partition coefficient (Wildman–Crippen LogP) is 1.88. The van der Waals surface area contributed by atoms with Crippen LogP contribution in [0.3, 0.4) is 0 Å². The van der Waals surface area contributed by atoms with Crippen molar-refractivity contribution < 1.29 is 4.74 Å². The first-order chi connectivity index (χ1) is 14.3. The van der Waals surface area contributed by atoms with Crippen LogP contribution in [0, 0.1) is 11.8 Å². The molecule has 0 amide bonds. The molecule has 0 saturated heterocycles. The number of methoxy groups -OCH3 is 1. The molecule has 1 aromatic carbocycles. The van der Waals surface area contributed by atoms with Crippen LogP contribution in [0.1, 0.15) is 41.5 Å². The quantitative estimate of drug-likeness (QED) is 0.598. The number of hydrogen-bond donors (Lipinski definition) is 2. The van der Waals surface area contributed by atoms with Crippen LogP contribution in [-0.2, 0) is 30.7 Å². The molecule has 1 fully saturated rings. The first kappa shape index (κ1) is 18.6. The lowest BCUT2D eigenvalue weighted by Gasteiger charge is -2.25. The highest BCUT2D eigenvalue weighted by molar-refractivity contribution is 5.80. The van der Waals surface area contributed by atoms with Crippen molar-refractivity contribution in [3.05, 3.63) is 47.0 Å². The number of rotatable bonds is 5. The van der Waals surface area contributed by atoms with E-state index in [0.717, 1.165) is 61.3 Å². The van der Waals surface area contributed by atoms with Crippen LogP contribution in [-0.4, -0.2) is 47.5 Å².